The van der Waals surface area contributed by atoms with Crippen LogP contribution in [0.25, 0.3) is 10.9 Å². The molecule has 0 aliphatic rings. The van der Waals surface area contributed by atoms with Gasteiger partial charge in [0.25, 0.3) is 0 Å². The number of para-hydroxylation sites is 1. The summed E-state index contributed by atoms with van der Waals surface area (Å²) >= 11 is 0. The lowest BCUT2D eigenvalue weighted by atomic mass is 10.1. The SMILES string of the molecule is Cc1[nH]c2ccccc2c1CC(=O)NCc1ccccc1Cn1cccn1. The zero-order valence-electron chi connectivity index (χ0n) is 15.3. The normalized spacial score (nSPS) is 11.0. The predicted octanol–water partition coefficient (Wildman–Crippen LogP) is 3.58. The topological polar surface area (TPSA) is 62.7 Å². The zero-order valence-corrected chi connectivity index (χ0v) is 15.3. The highest BCUT2D eigenvalue weighted by molar-refractivity contribution is 5.90. The van der Waals surface area contributed by atoms with Gasteiger partial charge in [0, 0.05) is 35.5 Å². The Labute approximate surface area is 158 Å². The van der Waals surface area contributed by atoms with Crippen LogP contribution in [-0.2, 0) is 24.3 Å². The fraction of sp³-hybridized carbons (Fsp3) is 0.182. The Morgan fingerprint density at radius 3 is 2.67 bits per heavy atom. The minimum absolute atomic E-state index is 0.0248. The maximum atomic E-state index is 12.6. The standard InChI is InChI=1S/C22H22N4O/c1-16-20(19-9-4-5-10-21(19)25-16)13-22(27)23-14-17-7-2-3-8-18(17)15-26-12-6-11-24-26/h2-12,25H,13-15H2,1H3,(H,23,27). The van der Waals surface area contributed by atoms with Gasteiger partial charge in [-0.05, 0) is 35.7 Å². The molecule has 0 spiro atoms. The van der Waals surface area contributed by atoms with E-state index in [-0.39, 0.29) is 5.91 Å². The largest absolute Gasteiger partial charge is 0.358 e. The number of nitrogens with zero attached hydrogens (tertiary/aromatic N) is 2. The molecule has 2 heterocycles. The monoisotopic (exact) mass is 358 g/mol. The first-order valence-electron chi connectivity index (χ1n) is 9.08. The molecule has 0 saturated heterocycles. The summed E-state index contributed by atoms with van der Waals surface area (Å²) in [5.41, 5.74) is 5.45. The van der Waals surface area contributed by atoms with Gasteiger partial charge in [-0.3, -0.25) is 9.48 Å². The van der Waals surface area contributed by atoms with Gasteiger partial charge in [-0.2, -0.15) is 5.10 Å². The van der Waals surface area contributed by atoms with E-state index in [2.05, 4.69) is 33.6 Å². The number of hydrogen-bond acceptors (Lipinski definition) is 2. The molecule has 2 aromatic carbocycles. The summed E-state index contributed by atoms with van der Waals surface area (Å²) in [5.74, 6) is 0.0248. The molecular formula is C22H22N4O. The molecule has 5 heteroatoms. The number of aryl methyl sites for hydroxylation is 1. The maximum Gasteiger partial charge on any atom is 0.224 e. The van der Waals surface area contributed by atoms with Crippen LogP contribution in [0, 0.1) is 6.92 Å². The Kier molecular flexibility index (Phi) is 4.75. The summed E-state index contributed by atoms with van der Waals surface area (Å²) in [5, 5.41) is 8.44. The number of carbonyl (C=O) groups excluding carboxylic acids is 1. The first-order chi connectivity index (χ1) is 13.2. The van der Waals surface area contributed by atoms with Crippen molar-refractivity contribution in [3.8, 4) is 0 Å². The average Bonchev–Trinajstić information content (AvgIpc) is 3.29. The third-order valence-electron chi connectivity index (χ3n) is 4.85. The molecule has 0 saturated carbocycles. The Morgan fingerprint density at radius 1 is 1.07 bits per heavy atom. The minimum Gasteiger partial charge on any atom is -0.358 e. The first-order valence-corrected chi connectivity index (χ1v) is 9.08. The van der Waals surface area contributed by atoms with Crippen LogP contribution >= 0.6 is 0 Å². The second-order valence-corrected chi connectivity index (χ2v) is 6.70. The van der Waals surface area contributed by atoms with Crippen LogP contribution < -0.4 is 5.32 Å². The molecule has 4 rings (SSSR count). The lowest BCUT2D eigenvalue weighted by Crippen LogP contribution is -2.25. The third-order valence-corrected chi connectivity index (χ3v) is 4.85. The molecule has 0 bridgehead atoms. The van der Waals surface area contributed by atoms with Crippen molar-refractivity contribution in [1.29, 1.82) is 0 Å². The van der Waals surface area contributed by atoms with Crippen LogP contribution in [0.5, 0.6) is 0 Å². The number of H-pyrrole nitrogens is 1. The van der Waals surface area contributed by atoms with Crippen molar-refractivity contribution in [1.82, 2.24) is 20.1 Å². The molecule has 1 amide bonds. The maximum absolute atomic E-state index is 12.6. The summed E-state index contributed by atoms with van der Waals surface area (Å²) in [6.07, 6.45) is 4.08. The number of aromatic nitrogens is 3. The van der Waals surface area contributed by atoms with E-state index in [9.17, 15) is 4.79 Å². The Morgan fingerprint density at radius 2 is 1.85 bits per heavy atom. The van der Waals surface area contributed by atoms with Gasteiger partial charge >= 0.3 is 0 Å². The molecule has 27 heavy (non-hydrogen) atoms. The molecule has 0 unspecified atom stereocenters. The number of rotatable bonds is 6. The summed E-state index contributed by atoms with van der Waals surface area (Å²) in [4.78, 5) is 15.9. The Balaban J connectivity index is 1.44. The van der Waals surface area contributed by atoms with Crippen molar-refractivity contribution < 1.29 is 4.79 Å². The van der Waals surface area contributed by atoms with Crippen LogP contribution in [0.4, 0.5) is 0 Å². The molecule has 136 valence electrons. The fourth-order valence-corrected chi connectivity index (χ4v) is 3.43. The highest BCUT2D eigenvalue weighted by Gasteiger charge is 2.12. The third kappa shape index (κ3) is 3.77. The molecule has 0 aliphatic heterocycles. The fourth-order valence-electron chi connectivity index (χ4n) is 3.43. The van der Waals surface area contributed by atoms with E-state index in [4.69, 9.17) is 0 Å². The van der Waals surface area contributed by atoms with E-state index in [0.717, 1.165) is 33.3 Å². The van der Waals surface area contributed by atoms with Crippen LogP contribution in [0.2, 0.25) is 0 Å². The summed E-state index contributed by atoms with van der Waals surface area (Å²) in [7, 11) is 0. The molecule has 0 aliphatic carbocycles. The number of benzene rings is 2. The number of aromatic amines is 1. The van der Waals surface area contributed by atoms with Crippen molar-refractivity contribution in [2.75, 3.05) is 0 Å². The second kappa shape index (κ2) is 7.50. The van der Waals surface area contributed by atoms with Gasteiger partial charge in [0.05, 0.1) is 13.0 Å². The first kappa shape index (κ1) is 17.1. The van der Waals surface area contributed by atoms with Crippen LogP contribution in [-0.4, -0.2) is 20.7 Å². The number of fused-ring (bicyclic) bond motifs is 1. The lowest BCUT2D eigenvalue weighted by molar-refractivity contribution is -0.120. The molecule has 5 nitrogen and oxygen atoms in total. The highest BCUT2D eigenvalue weighted by atomic mass is 16.1. The van der Waals surface area contributed by atoms with Gasteiger partial charge in [0.2, 0.25) is 5.91 Å². The van der Waals surface area contributed by atoms with E-state index >= 15 is 0 Å². The van der Waals surface area contributed by atoms with E-state index in [1.807, 2.05) is 54.2 Å². The smallest absolute Gasteiger partial charge is 0.224 e. The molecular weight excluding hydrogens is 336 g/mol. The van der Waals surface area contributed by atoms with Crippen molar-refractivity contribution in [2.24, 2.45) is 0 Å². The van der Waals surface area contributed by atoms with Crippen molar-refractivity contribution in [3.63, 3.8) is 0 Å². The zero-order chi connectivity index (χ0) is 18.6. The number of hydrogen-bond donors (Lipinski definition) is 2. The minimum atomic E-state index is 0.0248. The molecule has 2 N–H and O–H groups in total. The Bertz CT molecular complexity index is 1060. The number of nitrogens with one attached hydrogen (secondary N) is 2. The summed E-state index contributed by atoms with van der Waals surface area (Å²) in [6.45, 7) is 3.22. The summed E-state index contributed by atoms with van der Waals surface area (Å²) in [6, 6.07) is 18.1. The molecule has 2 aromatic heterocycles. The van der Waals surface area contributed by atoms with Crippen molar-refractivity contribution in [2.45, 2.75) is 26.4 Å². The van der Waals surface area contributed by atoms with Crippen molar-refractivity contribution >= 4 is 16.8 Å². The van der Waals surface area contributed by atoms with Gasteiger partial charge in [-0.15, -0.1) is 0 Å². The predicted molar refractivity (Wildman–Crippen MR) is 106 cm³/mol. The van der Waals surface area contributed by atoms with Crippen LogP contribution in [0.1, 0.15) is 22.4 Å². The lowest BCUT2D eigenvalue weighted by Gasteiger charge is -2.11. The van der Waals surface area contributed by atoms with E-state index < -0.39 is 0 Å². The summed E-state index contributed by atoms with van der Waals surface area (Å²) < 4.78 is 1.88. The van der Waals surface area contributed by atoms with Crippen LogP contribution in [0.15, 0.2) is 67.0 Å². The van der Waals surface area contributed by atoms with Gasteiger partial charge in [0.1, 0.15) is 0 Å². The average molecular weight is 358 g/mol. The quantitative estimate of drug-likeness (QED) is 0.553. The van der Waals surface area contributed by atoms with E-state index in [1.165, 1.54) is 0 Å². The second-order valence-electron chi connectivity index (χ2n) is 6.70. The Hall–Kier alpha value is -3.34. The number of carbonyl (C=O) groups is 1. The van der Waals surface area contributed by atoms with Crippen molar-refractivity contribution in [3.05, 3.63) is 89.4 Å². The molecule has 0 fully saturated rings. The van der Waals surface area contributed by atoms with Crippen LogP contribution in [0.3, 0.4) is 0 Å². The molecule has 0 atom stereocenters. The van der Waals surface area contributed by atoms with E-state index in [0.29, 0.717) is 19.5 Å². The number of amides is 1. The molecule has 0 radical (unpaired) electrons. The van der Waals surface area contributed by atoms with E-state index in [1.54, 1.807) is 6.20 Å². The molecule has 4 aromatic rings. The van der Waals surface area contributed by atoms with Gasteiger partial charge < -0.3 is 10.3 Å². The van der Waals surface area contributed by atoms with Gasteiger partial charge in [-0.25, -0.2) is 0 Å². The van der Waals surface area contributed by atoms with Gasteiger partial charge in [0.15, 0.2) is 0 Å². The highest BCUT2D eigenvalue weighted by Crippen LogP contribution is 2.22. The van der Waals surface area contributed by atoms with Gasteiger partial charge in [-0.1, -0.05) is 42.5 Å².